The van der Waals surface area contributed by atoms with Gasteiger partial charge in [0.1, 0.15) is 0 Å². The Balaban J connectivity index is 1.48. The molecule has 1 aromatic carbocycles. The van der Waals surface area contributed by atoms with Gasteiger partial charge in [-0.2, -0.15) is 0 Å². The van der Waals surface area contributed by atoms with Crippen molar-refractivity contribution in [2.24, 2.45) is 5.92 Å². The Kier molecular flexibility index (Phi) is 7.68. The van der Waals surface area contributed by atoms with E-state index < -0.39 is 0 Å². The number of carbonyl (C=O) groups excluding carboxylic acids is 3. The van der Waals surface area contributed by atoms with Crippen LogP contribution in [0.2, 0.25) is 0 Å². The minimum Gasteiger partial charge on any atom is -0.449 e. The normalized spacial score (nSPS) is 17.9. The summed E-state index contributed by atoms with van der Waals surface area (Å²) >= 11 is 0. The maximum Gasteiger partial charge on any atom is 0.409 e. The molecule has 2 fully saturated rings. The summed E-state index contributed by atoms with van der Waals surface area (Å²) in [4.78, 5) is 42.2. The van der Waals surface area contributed by atoms with Crippen molar-refractivity contribution in [3.8, 4) is 0 Å². The second kappa shape index (κ2) is 10.4. The summed E-state index contributed by atoms with van der Waals surface area (Å²) in [6.45, 7) is 8.00. The van der Waals surface area contributed by atoms with Crippen LogP contribution in [0.1, 0.15) is 33.1 Å². The lowest BCUT2D eigenvalue weighted by Crippen LogP contribution is -2.38. The SMILES string of the molecule is CC(C)COC(=O)N1CCCN(CC(=O)Nc2cccc(N3CCCC3=O)c2)CC1. The molecule has 3 amide bonds. The van der Waals surface area contributed by atoms with E-state index in [1.54, 1.807) is 9.80 Å². The highest BCUT2D eigenvalue weighted by Gasteiger charge is 2.23. The highest BCUT2D eigenvalue weighted by atomic mass is 16.6. The summed E-state index contributed by atoms with van der Waals surface area (Å²) in [5.74, 6) is 0.332. The van der Waals surface area contributed by atoms with Crippen LogP contribution < -0.4 is 10.2 Å². The van der Waals surface area contributed by atoms with E-state index in [-0.39, 0.29) is 24.5 Å². The maximum atomic E-state index is 12.5. The molecule has 0 unspecified atom stereocenters. The van der Waals surface area contributed by atoms with Crippen LogP contribution in [-0.4, -0.2) is 73.6 Å². The number of anilines is 2. The van der Waals surface area contributed by atoms with Crippen molar-refractivity contribution < 1.29 is 19.1 Å². The molecule has 2 aliphatic heterocycles. The predicted octanol–water partition coefficient (Wildman–Crippen LogP) is 2.55. The van der Waals surface area contributed by atoms with Crippen molar-refractivity contribution in [2.45, 2.75) is 33.1 Å². The van der Waals surface area contributed by atoms with Gasteiger partial charge >= 0.3 is 6.09 Å². The molecule has 2 heterocycles. The zero-order valence-electron chi connectivity index (χ0n) is 17.9. The molecule has 0 bridgehead atoms. The quantitative estimate of drug-likeness (QED) is 0.771. The molecule has 2 aliphatic rings. The second-order valence-corrected chi connectivity index (χ2v) is 8.33. The second-order valence-electron chi connectivity index (χ2n) is 8.33. The van der Waals surface area contributed by atoms with E-state index >= 15 is 0 Å². The van der Waals surface area contributed by atoms with Gasteiger partial charge in [-0.15, -0.1) is 0 Å². The molecule has 164 valence electrons. The van der Waals surface area contributed by atoms with Gasteiger partial charge < -0.3 is 19.9 Å². The number of nitrogens with one attached hydrogen (secondary N) is 1. The molecule has 0 spiro atoms. The van der Waals surface area contributed by atoms with Gasteiger partial charge in [0.2, 0.25) is 11.8 Å². The molecule has 0 saturated carbocycles. The van der Waals surface area contributed by atoms with Crippen LogP contribution in [0.5, 0.6) is 0 Å². The maximum absolute atomic E-state index is 12.5. The van der Waals surface area contributed by atoms with E-state index in [4.69, 9.17) is 4.74 Å². The first-order valence-electron chi connectivity index (χ1n) is 10.8. The minimum atomic E-state index is -0.275. The van der Waals surface area contributed by atoms with E-state index in [9.17, 15) is 14.4 Å². The number of ether oxygens (including phenoxy) is 1. The van der Waals surface area contributed by atoms with Gasteiger partial charge in [0, 0.05) is 50.5 Å². The fourth-order valence-electron chi connectivity index (χ4n) is 3.72. The molecule has 2 saturated heterocycles. The number of nitrogens with zero attached hydrogens (tertiary/aromatic N) is 3. The number of benzene rings is 1. The van der Waals surface area contributed by atoms with Gasteiger partial charge in [-0.3, -0.25) is 14.5 Å². The molecule has 3 rings (SSSR count). The van der Waals surface area contributed by atoms with Crippen molar-refractivity contribution in [1.29, 1.82) is 0 Å². The number of hydrogen-bond donors (Lipinski definition) is 1. The molecule has 1 N–H and O–H groups in total. The van der Waals surface area contributed by atoms with Gasteiger partial charge in [-0.05, 0) is 37.0 Å². The number of rotatable bonds is 6. The van der Waals surface area contributed by atoms with E-state index in [0.717, 1.165) is 31.6 Å². The number of amides is 3. The third-order valence-corrected chi connectivity index (χ3v) is 5.27. The smallest absolute Gasteiger partial charge is 0.409 e. The molecule has 0 aliphatic carbocycles. The third kappa shape index (κ3) is 6.19. The van der Waals surface area contributed by atoms with Crippen LogP contribution in [0.4, 0.5) is 16.2 Å². The average molecular weight is 417 g/mol. The molecule has 8 nitrogen and oxygen atoms in total. The molecular weight excluding hydrogens is 384 g/mol. The lowest BCUT2D eigenvalue weighted by atomic mass is 10.2. The van der Waals surface area contributed by atoms with Gasteiger partial charge in [0.25, 0.3) is 0 Å². The summed E-state index contributed by atoms with van der Waals surface area (Å²) in [7, 11) is 0. The Morgan fingerprint density at radius 3 is 2.67 bits per heavy atom. The van der Waals surface area contributed by atoms with Crippen molar-refractivity contribution in [2.75, 3.05) is 56.1 Å². The van der Waals surface area contributed by atoms with E-state index in [1.165, 1.54) is 0 Å². The molecule has 0 atom stereocenters. The van der Waals surface area contributed by atoms with Crippen molar-refractivity contribution in [3.63, 3.8) is 0 Å². The first-order valence-corrected chi connectivity index (χ1v) is 10.8. The van der Waals surface area contributed by atoms with Crippen molar-refractivity contribution >= 4 is 29.3 Å². The highest BCUT2D eigenvalue weighted by Crippen LogP contribution is 2.24. The van der Waals surface area contributed by atoms with Crippen LogP contribution in [0.15, 0.2) is 24.3 Å². The van der Waals surface area contributed by atoms with Gasteiger partial charge in [-0.1, -0.05) is 19.9 Å². The molecular formula is C22H32N4O4. The summed E-state index contributed by atoms with van der Waals surface area (Å²) in [6.07, 6.45) is 1.97. The fourth-order valence-corrected chi connectivity index (χ4v) is 3.72. The molecule has 0 aromatic heterocycles. The number of carbonyl (C=O) groups is 3. The third-order valence-electron chi connectivity index (χ3n) is 5.27. The van der Waals surface area contributed by atoms with Gasteiger partial charge in [-0.25, -0.2) is 4.79 Å². The van der Waals surface area contributed by atoms with Crippen LogP contribution in [0.3, 0.4) is 0 Å². The lowest BCUT2D eigenvalue weighted by molar-refractivity contribution is -0.117. The van der Waals surface area contributed by atoms with Gasteiger partial charge in [0.15, 0.2) is 0 Å². The Bertz CT molecular complexity index is 767. The zero-order valence-corrected chi connectivity index (χ0v) is 17.9. The van der Waals surface area contributed by atoms with Crippen molar-refractivity contribution in [1.82, 2.24) is 9.80 Å². The molecule has 8 heteroatoms. The molecule has 0 radical (unpaired) electrons. The lowest BCUT2D eigenvalue weighted by Gasteiger charge is -2.22. The van der Waals surface area contributed by atoms with Crippen LogP contribution in [0.25, 0.3) is 0 Å². The summed E-state index contributed by atoms with van der Waals surface area (Å²) in [5, 5.41) is 2.93. The van der Waals surface area contributed by atoms with E-state index in [1.807, 2.05) is 38.1 Å². The van der Waals surface area contributed by atoms with E-state index in [0.29, 0.717) is 44.3 Å². The predicted molar refractivity (Wildman–Crippen MR) is 115 cm³/mol. The van der Waals surface area contributed by atoms with Crippen molar-refractivity contribution in [3.05, 3.63) is 24.3 Å². The Labute approximate surface area is 178 Å². The standard InChI is InChI=1S/C22H32N4O4/c1-17(2)16-30-22(29)25-10-5-9-24(12-13-25)15-20(27)23-18-6-3-7-19(14-18)26-11-4-8-21(26)28/h3,6-7,14,17H,4-5,8-13,15-16H2,1-2H3,(H,23,27). The Morgan fingerprint density at radius 2 is 1.93 bits per heavy atom. The fraction of sp³-hybridized carbons (Fsp3) is 0.591. The summed E-state index contributed by atoms with van der Waals surface area (Å²) < 4.78 is 5.32. The molecule has 30 heavy (non-hydrogen) atoms. The van der Waals surface area contributed by atoms with Crippen LogP contribution >= 0.6 is 0 Å². The summed E-state index contributed by atoms with van der Waals surface area (Å²) in [5.41, 5.74) is 1.51. The monoisotopic (exact) mass is 416 g/mol. The Hall–Kier alpha value is -2.61. The summed E-state index contributed by atoms with van der Waals surface area (Å²) in [6, 6.07) is 7.41. The first kappa shape index (κ1) is 22.1. The average Bonchev–Trinajstić information content (AvgIpc) is 3.00. The van der Waals surface area contributed by atoms with Crippen LogP contribution in [0, 0.1) is 5.92 Å². The first-order chi connectivity index (χ1) is 14.4. The Morgan fingerprint density at radius 1 is 1.10 bits per heavy atom. The number of hydrogen-bond acceptors (Lipinski definition) is 5. The topological polar surface area (TPSA) is 82.2 Å². The van der Waals surface area contributed by atoms with E-state index in [2.05, 4.69) is 10.2 Å². The highest BCUT2D eigenvalue weighted by molar-refractivity contribution is 5.97. The minimum absolute atomic E-state index is 0.101. The van der Waals surface area contributed by atoms with Gasteiger partial charge in [0.05, 0.1) is 13.2 Å². The van der Waals surface area contributed by atoms with Crippen LogP contribution in [-0.2, 0) is 14.3 Å². The molecule has 1 aromatic rings. The zero-order chi connectivity index (χ0) is 21.5. The largest absolute Gasteiger partial charge is 0.449 e.